The summed E-state index contributed by atoms with van der Waals surface area (Å²) in [7, 11) is 0. The highest BCUT2D eigenvalue weighted by atomic mass is 16.6. The predicted octanol–water partition coefficient (Wildman–Crippen LogP) is 9.28. The predicted molar refractivity (Wildman–Crippen MR) is 236 cm³/mol. The van der Waals surface area contributed by atoms with Crippen molar-refractivity contribution in [1.29, 1.82) is 0 Å². The minimum Gasteiger partial charge on any atom is -0.464 e. The summed E-state index contributed by atoms with van der Waals surface area (Å²) < 4.78 is 33.6. The second kappa shape index (κ2) is 34.9. The van der Waals surface area contributed by atoms with E-state index in [9.17, 15) is 24.6 Å². The van der Waals surface area contributed by atoms with Crippen molar-refractivity contribution in [1.82, 2.24) is 0 Å². The molecule has 3 aliphatic rings. The molecule has 0 amide bonds. The van der Waals surface area contributed by atoms with Gasteiger partial charge in [0.1, 0.15) is 23.8 Å². The Morgan fingerprint density at radius 3 is 1.57 bits per heavy atom. The number of hydrogen-bond donors (Lipinski definition) is 3. The number of aliphatic hydroxyl groups excluding tert-OH is 3. The van der Waals surface area contributed by atoms with E-state index in [-0.39, 0.29) is 24.1 Å². The maximum Gasteiger partial charge on any atom is 0.334 e. The standard InChI is InChI=1S/C24H46O6.C19H34O3.C5H10O3/c1-5-7-11-15-21-20(26)17-23(30-21)22(29-19(4)24(27)28-6-2)16-13-10-8-9-12-14-18(3)25;1-3-4-8-12-16-18(21-16)14-19-17(22-19)13-10-7-5-6-9-11-15(2)20;1-3-8-5(7)4(2)6/h19-24,26-27H,5-17H2,1-4H3;16-19H,3-14H2,1-2H3;4,6H,3H2,1-2H3. The van der Waals surface area contributed by atoms with E-state index in [0.29, 0.717) is 56.3 Å². The van der Waals surface area contributed by atoms with Gasteiger partial charge in [-0.3, -0.25) is 0 Å². The molecule has 0 radical (unpaired) electrons. The minimum absolute atomic E-state index is 0.119. The van der Waals surface area contributed by atoms with Gasteiger partial charge in [0.05, 0.1) is 55.4 Å². The average Bonchev–Trinajstić information content (AvgIpc) is 4.10. The molecule has 0 saturated carbocycles. The molecule has 11 atom stereocenters. The van der Waals surface area contributed by atoms with Crippen LogP contribution in [0.4, 0.5) is 0 Å². The van der Waals surface area contributed by atoms with Crippen molar-refractivity contribution < 1.29 is 58.1 Å². The monoisotopic (exact) mass is 859 g/mol. The number of carbonyl (C=O) groups excluding carboxylic acids is 3. The number of aliphatic hydroxyl groups is 3. The summed E-state index contributed by atoms with van der Waals surface area (Å²) in [4.78, 5) is 32.1. The fourth-order valence-corrected chi connectivity index (χ4v) is 7.71. The van der Waals surface area contributed by atoms with Gasteiger partial charge in [-0.15, -0.1) is 0 Å². The van der Waals surface area contributed by atoms with Gasteiger partial charge < -0.3 is 53.3 Å². The molecule has 12 nitrogen and oxygen atoms in total. The topological polar surface area (TPSA) is 174 Å². The van der Waals surface area contributed by atoms with Crippen LogP contribution in [-0.2, 0) is 42.8 Å². The first-order chi connectivity index (χ1) is 28.8. The molecule has 0 aromatic rings. The third kappa shape index (κ3) is 28.2. The zero-order valence-electron chi connectivity index (χ0n) is 39.3. The zero-order valence-corrected chi connectivity index (χ0v) is 39.3. The van der Waals surface area contributed by atoms with Gasteiger partial charge in [-0.25, -0.2) is 4.79 Å². The molecule has 0 bridgehead atoms. The normalized spacial score (nSPS) is 24.9. The van der Waals surface area contributed by atoms with Crippen molar-refractivity contribution in [3.8, 4) is 0 Å². The number of rotatable bonds is 34. The van der Waals surface area contributed by atoms with Crippen LogP contribution in [0.1, 0.15) is 209 Å². The molecule has 0 aromatic heterocycles. The van der Waals surface area contributed by atoms with Crippen molar-refractivity contribution in [2.75, 3.05) is 13.2 Å². The summed E-state index contributed by atoms with van der Waals surface area (Å²) >= 11 is 0. The van der Waals surface area contributed by atoms with Crippen LogP contribution in [0.2, 0.25) is 0 Å². The third-order valence-corrected chi connectivity index (χ3v) is 11.5. The lowest BCUT2D eigenvalue weighted by molar-refractivity contribution is -0.200. The van der Waals surface area contributed by atoms with Gasteiger partial charge in [0.25, 0.3) is 0 Å². The number of carbonyl (C=O) groups is 3. The van der Waals surface area contributed by atoms with E-state index in [4.69, 9.17) is 28.8 Å². The molecule has 3 fully saturated rings. The van der Waals surface area contributed by atoms with Gasteiger partial charge in [-0.1, -0.05) is 104 Å². The summed E-state index contributed by atoms with van der Waals surface area (Å²) in [6.07, 6.45) is 24.6. The number of esters is 1. The highest BCUT2D eigenvalue weighted by Crippen LogP contribution is 2.39. The SMILES string of the molecule is CCCCCC1OC(C(CCCCCCCC(C)=O)OC(C)C(O)OCC)CC1O.CCCCCC1OC1CC1OC1CCCCCCCC(C)=O.CCOC(=O)C(C)O. The van der Waals surface area contributed by atoms with Gasteiger partial charge >= 0.3 is 5.97 Å². The van der Waals surface area contributed by atoms with Gasteiger partial charge in [-0.05, 0) is 80.1 Å². The number of unbranched alkanes of at least 4 members (excludes halogenated alkanes) is 12. The maximum absolute atomic E-state index is 11.0. The quantitative estimate of drug-likeness (QED) is 0.0243. The molecule has 0 spiro atoms. The first-order valence-corrected chi connectivity index (χ1v) is 24.2. The summed E-state index contributed by atoms with van der Waals surface area (Å²) in [6, 6.07) is 0. The largest absolute Gasteiger partial charge is 0.464 e. The molecule has 12 heteroatoms. The van der Waals surface area contributed by atoms with Crippen molar-refractivity contribution in [2.24, 2.45) is 0 Å². The fraction of sp³-hybridized carbons (Fsp3) is 0.938. The van der Waals surface area contributed by atoms with Crippen LogP contribution >= 0.6 is 0 Å². The summed E-state index contributed by atoms with van der Waals surface area (Å²) in [5, 5.41) is 29.0. The lowest BCUT2D eigenvalue weighted by Gasteiger charge is -2.29. The smallest absolute Gasteiger partial charge is 0.334 e. The number of Topliss-reactive ketones (excluding diaryl/α,β-unsaturated/α-hetero) is 2. The summed E-state index contributed by atoms with van der Waals surface area (Å²) in [6.45, 7) is 15.2. The van der Waals surface area contributed by atoms with Crippen LogP contribution in [0.3, 0.4) is 0 Å². The first-order valence-electron chi connectivity index (χ1n) is 24.2. The second-order valence-corrected chi connectivity index (χ2v) is 17.3. The van der Waals surface area contributed by atoms with Crippen LogP contribution in [0.5, 0.6) is 0 Å². The summed E-state index contributed by atoms with van der Waals surface area (Å²) in [5.74, 6) is 0.0211. The van der Waals surface area contributed by atoms with Crippen molar-refractivity contribution in [3.63, 3.8) is 0 Å². The van der Waals surface area contributed by atoms with Gasteiger partial charge in [0, 0.05) is 32.3 Å². The Kier molecular flexibility index (Phi) is 32.9. The van der Waals surface area contributed by atoms with E-state index in [0.717, 1.165) is 83.5 Å². The van der Waals surface area contributed by atoms with Crippen molar-refractivity contribution in [2.45, 2.75) is 277 Å². The molecule has 3 N–H and O–H groups in total. The molecular formula is C48H90O12. The molecule has 3 heterocycles. The minimum atomic E-state index is -0.991. The van der Waals surface area contributed by atoms with Gasteiger partial charge in [0.15, 0.2) is 6.29 Å². The zero-order chi connectivity index (χ0) is 44.7. The second-order valence-electron chi connectivity index (χ2n) is 17.3. The number of ether oxygens (including phenoxy) is 6. The lowest BCUT2D eigenvalue weighted by atomic mass is 9.99. The Morgan fingerprint density at radius 2 is 1.10 bits per heavy atom. The van der Waals surface area contributed by atoms with E-state index in [1.54, 1.807) is 20.8 Å². The van der Waals surface area contributed by atoms with E-state index in [1.165, 1.54) is 64.7 Å². The Morgan fingerprint density at radius 1 is 0.617 bits per heavy atom. The molecule has 60 heavy (non-hydrogen) atoms. The van der Waals surface area contributed by atoms with Crippen LogP contribution in [-0.4, -0.2) is 113 Å². The average molecular weight is 859 g/mol. The molecule has 3 rings (SSSR count). The summed E-state index contributed by atoms with van der Waals surface area (Å²) in [5.41, 5.74) is 0. The Hall–Kier alpha value is -1.51. The number of ketones is 2. The van der Waals surface area contributed by atoms with E-state index >= 15 is 0 Å². The van der Waals surface area contributed by atoms with Crippen LogP contribution in [0, 0.1) is 0 Å². The van der Waals surface area contributed by atoms with Crippen molar-refractivity contribution >= 4 is 17.5 Å². The third-order valence-electron chi connectivity index (χ3n) is 11.5. The Balaban J connectivity index is 0.000000522. The molecule has 3 saturated heterocycles. The van der Waals surface area contributed by atoms with E-state index in [1.807, 2.05) is 13.8 Å². The molecule has 11 unspecified atom stereocenters. The lowest BCUT2D eigenvalue weighted by Crippen LogP contribution is -2.38. The molecule has 0 aromatic carbocycles. The van der Waals surface area contributed by atoms with Crippen LogP contribution in [0.15, 0.2) is 0 Å². The van der Waals surface area contributed by atoms with Gasteiger partial charge in [-0.2, -0.15) is 0 Å². The molecule has 0 aliphatic carbocycles. The molecule has 3 aliphatic heterocycles. The number of hydrogen-bond acceptors (Lipinski definition) is 12. The van der Waals surface area contributed by atoms with Gasteiger partial charge in [0.2, 0.25) is 0 Å². The van der Waals surface area contributed by atoms with E-state index in [2.05, 4.69) is 18.6 Å². The maximum atomic E-state index is 11.0. The van der Waals surface area contributed by atoms with Crippen molar-refractivity contribution in [3.05, 3.63) is 0 Å². The number of epoxide rings is 2. The Labute approximate surface area is 364 Å². The van der Waals surface area contributed by atoms with E-state index < -0.39 is 30.6 Å². The Bertz CT molecular complexity index is 1090. The molecule has 354 valence electrons. The van der Waals surface area contributed by atoms with Crippen LogP contribution < -0.4 is 0 Å². The molecular weight excluding hydrogens is 769 g/mol. The highest BCUT2D eigenvalue weighted by Gasteiger charge is 2.47. The first kappa shape index (κ1) is 56.5. The fourth-order valence-electron chi connectivity index (χ4n) is 7.71. The van der Waals surface area contributed by atoms with Crippen LogP contribution in [0.25, 0.3) is 0 Å². The highest BCUT2D eigenvalue weighted by molar-refractivity contribution is 5.75.